The van der Waals surface area contributed by atoms with E-state index in [-0.39, 0.29) is 5.54 Å². The molecule has 3 nitrogen and oxygen atoms in total. The standard InChI is InChI=1S/C15H25BrN2O/c1-5-15(4,18(6-2)7-3)14(19)10-13-9-8-12(16)11-17-13/h8-9,11,14,19H,5-7,10H2,1-4H3. The zero-order chi connectivity index (χ0) is 14.5. The summed E-state index contributed by atoms with van der Waals surface area (Å²) in [5, 5.41) is 10.6. The van der Waals surface area contributed by atoms with Gasteiger partial charge in [-0.15, -0.1) is 0 Å². The highest BCUT2D eigenvalue weighted by molar-refractivity contribution is 9.10. The third-order valence-electron chi connectivity index (χ3n) is 4.11. The number of pyridine rings is 1. The van der Waals surface area contributed by atoms with Crippen LogP contribution in [-0.4, -0.2) is 39.7 Å². The number of aliphatic hydroxyl groups is 1. The van der Waals surface area contributed by atoms with Gasteiger partial charge in [-0.3, -0.25) is 9.88 Å². The minimum Gasteiger partial charge on any atom is -0.391 e. The van der Waals surface area contributed by atoms with E-state index in [2.05, 4.69) is 53.5 Å². The van der Waals surface area contributed by atoms with Crippen molar-refractivity contribution >= 4 is 15.9 Å². The fourth-order valence-corrected chi connectivity index (χ4v) is 2.80. The second-order valence-electron chi connectivity index (χ2n) is 5.07. The highest BCUT2D eigenvalue weighted by atomic mass is 79.9. The molecule has 2 unspecified atom stereocenters. The van der Waals surface area contributed by atoms with Crippen molar-refractivity contribution in [2.75, 3.05) is 13.1 Å². The average molecular weight is 329 g/mol. The van der Waals surface area contributed by atoms with Crippen molar-refractivity contribution in [3.63, 3.8) is 0 Å². The third kappa shape index (κ3) is 4.01. The van der Waals surface area contributed by atoms with E-state index in [1.807, 2.05) is 12.1 Å². The van der Waals surface area contributed by atoms with Gasteiger partial charge in [-0.05, 0) is 54.5 Å². The van der Waals surface area contributed by atoms with Gasteiger partial charge in [0.2, 0.25) is 0 Å². The van der Waals surface area contributed by atoms with Gasteiger partial charge in [-0.1, -0.05) is 20.8 Å². The van der Waals surface area contributed by atoms with Gasteiger partial charge in [0, 0.05) is 28.3 Å². The molecule has 0 fully saturated rings. The molecule has 0 aliphatic heterocycles. The summed E-state index contributed by atoms with van der Waals surface area (Å²) >= 11 is 3.38. The van der Waals surface area contributed by atoms with Gasteiger partial charge in [-0.2, -0.15) is 0 Å². The molecule has 0 aliphatic carbocycles. The molecule has 1 N–H and O–H groups in total. The molecular formula is C15H25BrN2O. The Bertz CT molecular complexity index is 378. The maximum atomic E-state index is 10.6. The second-order valence-corrected chi connectivity index (χ2v) is 5.99. The SMILES string of the molecule is CCN(CC)C(C)(CC)C(O)Cc1ccc(Br)cn1. The summed E-state index contributed by atoms with van der Waals surface area (Å²) in [7, 11) is 0. The van der Waals surface area contributed by atoms with Gasteiger partial charge >= 0.3 is 0 Å². The van der Waals surface area contributed by atoms with Gasteiger partial charge in [0.1, 0.15) is 0 Å². The second kappa shape index (κ2) is 7.36. The van der Waals surface area contributed by atoms with E-state index in [0.29, 0.717) is 6.42 Å². The minimum atomic E-state index is -0.411. The third-order valence-corrected chi connectivity index (χ3v) is 4.58. The topological polar surface area (TPSA) is 36.4 Å². The molecule has 0 aliphatic rings. The van der Waals surface area contributed by atoms with E-state index in [1.165, 1.54) is 0 Å². The predicted molar refractivity (Wildman–Crippen MR) is 83.3 cm³/mol. The molecular weight excluding hydrogens is 304 g/mol. The Labute approximate surface area is 125 Å². The number of likely N-dealkylation sites (N-methyl/N-ethyl adjacent to an activating group) is 1. The largest absolute Gasteiger partial charge is 0.391 e. The lowest BCUT2D eigenvalue weighted by atomic mass is 9.86. The molecule has 0 amide bonds. The van der Waals surface area contributed by atoms with Crippen LogP contribution in [0.2, 0.25) is 0 Å². The van der Waals surface area contributed by atoms with Gasteiger partial charge in [-0.25, -0.2) is 0 Å². The molecule has 0 aromatic carbocycles. The van der Waals surface area contributed by atoms with Crippen LogP contribution in [0.15, 0.2) is 22.8 Å². The van der Waals surface area contributed by atoms with Crippen molar-refractivity contribution in [1.82, 2.24) is 9.88 Å². The summed E-state index contributed by atoms with van der Waals surface area (Å²) in [4.78, 5) is 6.68. The number of rotatable bonds is 7. The first-order chi connectivity index (χ1) is 8.97. The lowest BCUT2D eigenvalue weighted by molar-refractivity contribution is -0.0194. The number of halogens is 1. The van der Waals surface area contributed by atoms with Crippen LogP contribution in [0.3, 0.4) is 0 Å². The molecule has 0 radical (unpaired) electrons. The van der Waals surface area contributed by atoms with Crippen LogP contribution < -0.4 is 0 Å². The van der Waals surface area contributed by atoms with Crippen LogP contribution in [0.25, 0.3) is 0 Å². The zero-order valence-electron chi connectivity index (χ0n) is 12.4. The fourth-order valence-electron chi connectivity index (χ4n) is 2.56. The van der Waals surface area contributed by atoms with Gasteiger partial charge in [0.05, 0.1) is 6.10 Å². The highest BCUT2D eigenvalue weighted by Gasteiger charge is 2.35. The van der Waals surface area contributed by atoms with Gasteiger partial charge in [0.25, 0.3) is 0 Å². The minimum absolute atomic E-state index is 0.196. The first-order valence-corrected chi connectivity index (χ1v) is 7.80. The summed E-state index contributed by atoms with van der Waals surface area (Å²) in [6.07, 6.45) is 2.88. The lowest BCUT2D eigenvalue weighted by Gasteiger charge is -2.43. The molecule has 0 bridgehead atoms. The Morgan fingerprint density at radius 3 is 2.37 bits per heavy atom. The summed E-state index contributed by atoms with van der Waals surface area (Å²) in [5.74, 6) is 0. The van der Waals surface area contributed by atoms with E-state index in [0.717, 1.165) is 29.7 Å². The van der Waals surface area contributed by atoms with Crippen molar-refractivity contribution in [3.8, 4) is 0 Å². The normalized spacial score (nSPS) is 16.4. The molecule has 0 saturated heterocycles. The maximum Gasteiger partial charge on any atom is 0.0776 e. The number of hydrogen-bond acceptors (Lipinski definition) is 3. The summed E-state index contributed by atoms with van der Waals surface area (Å²) < 4.78 is 0.965. The van der Waals surface area contributed by atoms with E-state index >= 15 is 0 Å². The Hall–Kier alpha value is -0.450. The van der Waals surface area contributed by atoms with Crippen LogP contribution in [0.5, 0.6) is 0 Å². The molecule has 0 saturated carbocycles. The molecule has 1 heterocycles. The van der Waals surface area contributed by atoms with Gasteiger partial charge < -0.3 is 5.11 Å². The molecule has 1 aromatic rings. The Morgan fingerprint density at radius 1 is 1.32 bits per heavy atom. The maximum absolute atomic E-state index is 10.6. The van der Waals surface area contributed by atoms with E-state index in [9.17, 15) is 5.11 Å². The lowest BCUT2D eigenvalue weighted by Crippen LogP contribution is -2.55. The van der Waals surface area contributed by atoms with Crippen molar-refractivity contribution < 1.29 is 5.11 Å². The molecule has 1 aromatic heterocycles. The summed E-state index contributed by atoms with van der Waals surface area (Å²) in [6, 6.07) is 3.93. The van der Waals surface area contributed by atoms with Crippen LogP contribution in [0.1, 0.15) is 39.8 Å². The molecule has 108 valence electrons. The van der Waals surface area contributed by atoms with E-state index < -0.39 is 6.10 Å². The van der Waals surface area contributed by atoms with Crippen LogP contribution >= 0.6 is 15.9 Å². The molecule has 1 rings (SSSR count). The fraction of sp³-hybridized carbons (Fsp3) is 0.667. The van der Waals surface area contributed by atoms with Crippen molar-refractivity contribution in [1.29, 1.82) is 0 Å². The molecule has 2 atom stereocenters. The number of aliphatic hydroxyl groups excluding tert-OH is 1. The number of aromatic nitrogens is 1. The summed E-state index contributed by atoms with van der Waals surface area (Å²) in [6.45, 7) is 10.5. The van der Waals surface area contributed by atoms with Crippen molar-refractivity contribution in [3.05, 3.63) is 28.5 Å². The van der Waals surface area contributed by atoms with E-state index in [4.69, 9.17) is 0 Å². The van der Waals surface area contributed by atoms with E-state index in [1.54, 1.807) is 6.20 Å². The van der Waals surface area contributed by atoms with Crippen LogP contribution in [0, 0.1) is 0 Å². The predicted octanol–water partition coefficient (Wildman–Crippen LogP) is 3.26. The number of hydrogen-bond donors (Lipinski definition) is 1. The Balaban J connectivity index is 2.83. The van der Waals surface area contributed by atoms with Gasteiger partial charge in [0.15, 0.2) is 0 Å². The Kier molecular flexibility index (Phi) is 6.43. The first-order valence-electron chi connectivity index (χ1n) is 7.01. The van der Waals surface area contributed by atoms with Crippen molar-refractivity contribution in [2.45, 2.75) is 52.2 Å². The van der Waals surface area contributed by atoms with Crippen molar-refractivity contribution in [2.24, 2.45) is 0 Å². The monoisotopic (exact) mass is 328 g/mol. The molecule has 0 spiro atoms. The number of nitrogens with zero attached hydrogens (tertiary/aromatic N) is 2. The average Bonchev–Trinajstić information content (AvgIpc) is 2.42. The van der Waals surface area contributed by atoms with Crippen LogP contribution in [0.4, 0.5) is 0 Å². The molecule has 19 heavy (non-hydrogen) atoms. The van der Waals surface area contributed by atoms with Crippen LogP contribution in [-0.2, 0) is 6.42 Å². The zero-order valence-corrected chi connectivity index (χ0v) is 13.9. The first kappa shape index (κ1) is 16.6. The smallest absolute Gasteiger partial charge is 0.0776 e. The quantitative estimate of drug-likeness (QED) is 0.834. The summed E-state index contributed by atoms with van der Waals surface area (Å²) in [5.41, 5.74) is 0.737. The molecule has 4 heteroatoms. The highest BCUT2D eigenvalue weighted by Crippen LogP contribution is 2.25. The Morgan fingerprint density at radius 2 is 1.95 bits per heavy atom.